The van der Waals surface area contributed by atoms with E-state index in [2.05, 4.69) is 49.9 Å². The van der Waals surface area contributed by atoms with Crippen LogP contribution >= 0.6 is 0 Å². The molecule has 1 amide bonds. The van der Waals surface area contributed by atoms with Gasteiger partial charge >= 0.3 is 6.09 Å². The molecule has 0 spiro atoms. The standard InChI is InChI=1S/C47H74N4O6/c1-5-6-7-8-9-10-11-12-13-14-15-23-30-43(53-33-40-26-19-16-20-27-40)45(54-34-41-28-21-17-22-29-41)42(49-50-48)35-55-46-39(4)37(2)38(3)44(57-46)36-56-47(52)51-31-24-18-25-32-51/h16-17,19-22,26-29,37-39,42-46H,5-15,18,23-25,30-36H2,1-4H3/t37-,38+,39?,42-,43+,44?,45-,46-/m0/s1. The molecular formula is C47H74N4O6. The van der Waals surface area contributed by atoms with Crippen LogP contribution in [-0.4, -0.2) is 67.9 Å². The number of benzene rings is 2. The summed E-state index contributed by atoms with van der Waals surface area (Å²) in [6.07, 6.45) is 17.2. The Morgan fingerprint density at radius 2 is 1.33 bits per heavy atom. The van der Waals surface area contributed by atoms with Gasteiger partial charge in [-0.25, -0.2) is 4.79 Å². The molecule has 2 saturated heterocycles. The largest absolute Gasteiger partial charge is 0.447 e. The van der Waals surface area contributed by atoms with Crippen molar-refractivity contribution in [2.45, 2.75) is 174 Å². The first-order valence-corrected chi connectivity index (χ1v) is 22.4. The molecule has 57 heavy (non-hydrogen) atoms. The van der Waals surface area contributed by atoms with Gasteiger partial charge < -0.3 is 28.6 Å². The maximum absolute atomic E-state index is 12.9. The topological polar surface area (TPSA) is 115 Å². The van der Waals surface area contributed by atoms with Crippen LogP contribution in [0.3, 0.4) is 0 Å². The quantitative estimate of drug-likeness (QED) is 0.0385. The van der Waals surface area contributed by atoms with Gasteiger partial charge in [-0.15, -0.1) is 0 Å². The lowest BCUT2D eigenvalue weighted by atomic mass is 9.79. The molecular weight excluding hydrogens is 717 g/mol. The van der Waals surface area contributed by atoms with E-state index in [0.717, 1.165) is 62.7 Å². The Balaban J connectivity index is 1.42. The van der Waals surface area contributed by atoms with E-state index in [1.54, 1.807) is 4.90 Å². The van der Waals surface area contributed by atoms with Crippen LogP contribution in [0.1, 0.15) is 142 Å². The second kappa shape index (κ2) is 27.5. The smallest absolute Gasteiger partial charge is 0.409 e. The molecule has 318 valence electrons. The van der Waals surface area contributed by atoms with Gasteiger partial charge in [-0.2, -0.15) is 0 Å². The van der Waals surface area contributed by atoms with Crippen molar-refractivity contribution in [3.8, 4) is 0 Å². The zero-order chi connectivity index (χ0) is 40.5. The van der Waals surface area contributed by atoms with Gasteiger partial charge in [0, 0.05) is 23.9 Å². The summed E-state index contributed by atoms with van der Waals surface area (Å²) < 4.78 is 32.4. The highest BCUT2D eigenvalue weighted by Gasteiger charge is 2.41. The molecule has 0 saturated carbocycles. The average molecular weight is 791 g/mol. The Labute approximate surface area is 344 Å². The van der Waals surface area contributed by atoms with Crippen LogP contribution in [0.2, 0.25) is 0 Å². The van der Waals surface area contributed by atoms with Crippen LogP contribution in [-0.2, 0) is 36.9 Å². The third-order valence-corrected chi connectivity index (χ3v) is 12.3. The van der Waals surface area contributed by atoms with Crippen molar-refractivity contribution in [3.63, 3.8) is 0 Å². The molecule has 2 aliphatic heterocycles. The second-order valence-electron chi connectivity index (χ2n) is 16.6. The van der Waals surface area contributed by atoms with Gasteiger partial charge in [0.15, 0.2) is 6.29 Å². The van der Waals surface area contributed by atoms with Gasteiger partial charge in [-0.3, -0.25) is 0 Å². The van der Waals surface area contributed by atoms with Crippen molar-refractivity contribution in [3.05, 3.63) is 82.2 Å². The van der Waals surface area contributed by atoms with Crippen LogP contribution < -0.4 is 0 Å². The zero-order valence-corrected chi connectivity index (χ0v) is 35.7. The Bertz CT molecular complexity index is 1390. The van der Waals surface area contributed by atoms with Crippen molar-refractivity contribution >= 4 is 6.09 Å². The van der Waals surface area contributed by atoms with Crippen LogP contribution in [0.5, 0.6) is 0 Å². The molecule has 0 aliphatic carbocycles. The summed E-state index contributed by atoms with van der Waals surface area (Å²) in [5, 5.41) is 4.32. The fraction of sp³-hybridized carbons (Fsp3) is 0.723. The third-order valence-electron chi connectivity index (χ3n) is 12.3. The number of likely N-dealkylation sites (tertiary alicyclic amines) is 1. The zero-order valence-electron chi connectivity index (χ0n) is 35.7. The lowest BCUT2D eigenvalue weighted by Crippen LogP contribution is -2.50. The molecule has 0 radical (unpaired) electrons. The van der Waals surface area contributed by atoms with Gasteiger partial charge in [-0.05, 0) is 54.2 Å². The van der Waals surface area contributed by atoms with Gasteiger partial charge in [-0.1, -0.05) is 171 Å². The molecule has 2 aromatic rings. The van der Waals surface area contributed by atoms with E-state index in [1.165, 1.54) is 64.2 Å². The van der Waals surface area contributed by atoms with Crippen LogP contribution in [0.4, 0.5) is 4.79 Å². The number of azide groups is 1. The Morgan fingerprint density at radius 1 is 0.772 bits per heavy atom. The lowest BCUT2D eigenvalue weighted by molar-refractivity contribution is -0.258. The number of nitrogens with zero attached hydrogens (tertiary/aromatic N) is 4. The van der Waals surface area contributed by atoms with Gasteiger partial charge in [0.2, 0.25) is 0 Å². The molecule has 2 aliphatic rings. The van der Waals surface area contributed by atoms with E-state index in [-0.39, 0.29) is 49.3 Å². The van der Waals surface area contributed by atoms with Crippen LogP contribution in [0.15, 0.2) is 65.8 Å². The van der Waals surface area contributed by atoms with E-state index in [0.29, 0.717) is 13.2 Å². The normalized spacial score (nSPS) is 22.7. The van der Waals surface area contributed by atoms with E-state index >= 15 is 0 Å². The number of piperidine rings is 1. The fourth-order valence-electron chi connectivity index (χ4n) is 8.18. The molecule has 10 heteroatoms. The van der Waals surface area contributed by atoms with E-state index < -0.39 is 18.4 Å². The summed E-state index contributed by atoms with van der Waals surface area (Å²) in [5.74, 6) is 0.476. The number of hydrogen-bond acceptors (Lipinski definition) is 7. The monoisotopic (exact) mass is 791 g/mol. The Morgan fingerprint density at radius 3 is 1.91 bits per heavy atom. The first-order chi connectivity index (χ1) is 27.9. The van der Waals surface area contributed by atoms with E-state index in [1.807, 2.05) is 48.5 Å². The summed E-state index contributed by atoms with van der Waals surface area (Å²) in [6, 6.07) is 19.6. The van der Waals surface area contributed by atoms with Crippen molar-refractivity contribution in [1.29, 1.82) is 0 Å². The van der Waals surface area contributed by atoms with Crippen molar-refractivity contribution in [1.82, 2.24) is 4.90 Å². The summed E-state index contributed by atoms with van der Waals surface area (Å²) in [6.45, 7) is 11.3. The van der Waals surface area contributed by atoms with Crippen molar-refractivity contribution in [2.75, 3.05) is 26.3 Å². The molecule has 2 unspecified atom stereocenters. The third kappa shape index (κ3) is 16.9. The number of rotatable bonds is 27. The van der Waals surface area contributed by atoms with Gasteiger partial charge in [0.05, 0.1) is 44.2 Å². The lowest BCUT2D eigenvalue weighted by Gasteiger charge is -2.43. The van der Waals surface area contributed by atoms with Crippen LogP contribution in [0.25, 0.3) is 10.4 Å². The van der Waals surface area contributed by atoms with E-state index in [4.69, 9.17) is 23.7 Å². The molecule has 2 fully saturated rings. The molecule has 2 aromatic carbocycles. The molecule has 4 rings (SSSR count). The Kier molecular flexibility index (Phi) is 22.5. The highest BCUT2D eigenvalue weighted by atomic mass is 16.7. The number of unbranched alkanes of at least 4 members (excludes halogenated alkanes) is 11. The highest BCUT2D eigenvalue weighted by molar-refractivity contribution is 5.67. The minimum atomic E-state index is -0.669. The number of carbonyl (C=O) groups excluding carboxylic acids is 1. The maximum atomic E-state index is 12.9. The minimum Gasteiger partial charge on any atom is -0.447 e. The minimum absolute atomic E-state index is 0.0654. The summed E-state index contributed by atoms with van der Waals surface area (Å²) in [4.78, 5) is 18.0. The SMILES string of the molecule is CCCCCCCCCCCCCC[C@@H](OCc1ccccc1)[C@@H](OCc1ccccc1)[C@H](CO[C@H]1OC(COC(=O)N2CCCCC2)[C@H](C)[C@H](C)C1C)N=[N+]=[N-]. The first kappa shape index (κ1) is 46.5. The first-order valence-electron chi connectivity index (χ1n) is 22.4. The molecule has 0 bridgehead atoms. The maximum Gasteiger partial charge on any atom is 0.409 e. The molecule has 10 nitrogen and oxygen atoms in total. The highest BCUT2D eigenvalue weighted by Crippen LogP contribution is 2.36. The van der Waals surface area contributed by atoms with Crippen LogP contribution in [0, 0.1) is 17.8 Å². The summed E-state index contributed by atoms with van der Waals surface area (Å²) >= 11 is 0. The number of ether oxygens (including phenoxy) is 5. The van der Waals surface area contributed by atoms with Gasteiger partial charge in [0.1, 0.15) is 6.61 Å². The van der Waals surface area contributed by atoms with Gasteiger partial charge in [0.25, 0.3) is 0 Å². The van der Waals surface area contributed by atoms with Crippen molar-refractivity contribution in [2.24, 2.45) is 22.9 Å². The molecule has 0 N–H and O–H groups in total. The number of hydrogen-bond donors (Lipinski definition) is 0. The predicted octanol–water partition coefficient (Wildman–Crippen LogP) is 12.2. The molecule has 0 aromatic heterocycles. The van der Waals surface area contributed by atoms with Crippen molar-refractivity contribution < 1.29 is 28.5 Å². The average Bonchev–Trinajstić information content (AvgIpc) is 3.24. The molecule has 2 heterocycles. The number of carbonyl (C=O) groups is 1. The van der Waals surface area contributed by atoms with E-state index in [9.17, 15) is 10.3 Å². The predicted molar refractivity (Wildman–Crippen MR) is 228 cm³/mol. The fourth-order valence-corrected chi connectivity index (χ4v) is 8.18. The summed E-state index contributed by atoms with van der Waals surface area (Å²) in [5.41, 5.74) is 12.0. The molecule has 8 atom stereocenters. The Hall–Kier alpha value is -3.14. The number of amides is 1. The summed E-state index contributed by atoms with van der Waals surface area (Å²) in [7, 11) is 0. The second-order valence-corrected chi connectivity index (χ2v) is 16.6.